The van der Waals surface area contributed by atoms with Crippen molar-refractivity contribution in [2.45, 2.75) is 25.2 Å². The number of carbonyl (C=O) groups excluding carboxylic acids is 1. The average Bonchev–Trinajstić information content (AvgIpc) is 2.72. The number of fused-ring (bicyclic) bond motifs is 2. The predicted octanol–water partition coefficient (Wildman–Crippen LogP) is 2.03. The first-order valence-corrected chi connectivity index (χ1v) is 6.75. The molecule has 18 heavy (non-hydrogen) atoms. The van der Waals surface area contributed by atoms with Crippen LogP contribution in [0.5, 0.6) is 0 Å². The number of likely N-dealkylation sites (tertiary alicyclic amines) is 1. The number of nitrogens with zero attached hydrogens (tertiary/aromatic N) is 1. The van der Waals surface area contributed by atoms with Crippen molar-refractivity contribution < 1.29 is 4.79 Å². The number of rotatable bonds is 2. The Morgan fingerprint density at radius 1 is 1.33 bits per heavy atom. The van der Waals surface area contributed by atoms with Gasteiger partial charge in [-0.15, -0.1) is 0 Å². The highest BCUT2D eigenvalue weighted by Crippen LogP contribution is 2.43. The zero-order chi connectivity index (χ0) is 12.6. The molecule has 3 rings (SSSR count). The summed E-state index contributed by atoms with van der Waals surface area (Å²) in [6.45, 7) is 5.42. The molecule has 3 heteroatoms. The first kappa shape index (κ1) is 11.7. The molecular weight excluding hydrogens is 224 g/mol. The molecule has 96 valence electrons. The molecule has 1 aromatic carbocycles. The molecule has 0 aromatic heterocycles. The van der Waals surface area contributed by atoms with Crippen LogP contribution in [0.3, 0.4) is 0 Å². The van der Waals surface area contributed by atoms with Gasteiger partial charge < -0.3 is 5.32 Å². The van der Waals surface area contributed by atoms with Gasteiger partial charge in [0.15, 0.2) is 0 Å². The van der Waals surface area contributed by atoms with E-state index >= 15 is 0 Å². The van der Waals surface area contributed by atoms with E-state index in [0.717, 1.165) is 32.5 Å². The van der Waals surface area contributed by atoms with Crippen molar-refractivity contribution in [3.05, 3.63) is 29.8 Å². The Hall–Kier alpha value is -1.35. The van der Waals surface area contributed by atoms with E-state index in [2.05, 4.69) is 34.5 Å². The second-order valence-electron chi connectivity index (χ2n) is 5.66. The van der Waals surface area contributed by atoms with Gasteiger partial charge in [0.05, 0.1) is 6.54 Å². The highest BCUT2D eigenvalue weighted by atomic mass is 16.1. The maximum Gasteiger partial charge on any atom is 0.143 e. The number of hydrogen-bond acceptors (Lipinski definition) is 3. The molecule has 1 aromatic rings. The van der Waals surface area contributed by atoms with Crippen LogP contribution in [0.25, 0.3) is 0 Å². The fourth-order valence-electron chi connectivity index (χ4n) is 3.36. The zero-order valence-corrected chi connectivity index (χ0v) is 10.9. The molecule has 0 atom stereocenters. The number of nitrogens with one attached hydrogen (secondary N) is 1. The summed E-state index contributed by atoms with van der Waals surface area (Å²) in [6.07, 6.45) is 2.31. The van der Waals surface area contributed by atoms with E-state index in [1.54, 1.807) is 6.92 Å². The third kappa shape index (κ3) is 1.93. The third-order valence-corrected chi connectivity index (χ3v) is 4.38. The standard InChI is InChI=1S/C15H20N2O/c1-12(18)10-17-8-6-15(7-9-17)11-16-14-5-3-2-4-13(14)15/h2-5,16H,6-11H2,1H3. The van der Waals surface area contributed by atoms with Gasteiger partial charge in [-0.3, -0.25) is 9.69 Å². The lowest BCUT2D eigenvalue weighted by Crippen LogP contribution is -2.45. The van der Waals surface area contributed by atoms with Crippen molar-refractivity contribution in [3.8, 4) is 0 Å². The van der Waals surface area contributed by atoms with Crippen molar-refractivity contribution in [1.82, 2.24) is 4.90 Å². The molecule has 0 radical (unpaired) electrons. The minimum Gasteiger partial charge on any atom is -0.384 e. The van der Waals surface area contributed by atoms with Gasteiger partial charge in [-0.2, -0.15) is 0 Å². The Kier molecular flexibility index (Phi) is 2.86. The van der Waals surface area contributed by atoms with E-state index in [1.165, 1.54) is 11.3 Å². The van der Waals surface area contributed by atoms with Crippen LogP contribution in [0.15, 0.2) is 24.3 Å². The molecule has 0 bridgehead atoms. The summed E-state index contributed by atoms with van der Waals surface area (Å²) in [6, 6.07) is 8.66. The van der Waals surface area contributed by atoms with Gasteiger partial charge in [-0.25, -0.2) is 0 Å². The van der Waals surface area contributed by atoms with Crippen LogP contribution in [-0.4, -0.2) is 36.9 Å². The molecule has 1 spiro atoms. The zero-order valence-electron chi connectivity index (χ0n) is 10.9. The first-order chi connectivity index (χ1) is 8.70. The number of para-hydroxylation sites is 1. The highest BCUT2D eigenvalue weighted by molar-refractivity contribution is 5.77. The smallest absolute Gasteiger partial charge is 0.143 e. The molecular formula is C15H20N2O. The van der Waals surface area contributed by atoms with Crippen LogP contribution >= 0.6 is 0 Å². The second-order valence-corrected chi connectivity index (χ2v) is 5.66. The SMILES string of the molecule is CC(=O)CN1CCC2(CC1)CNc1ccccc12. The molecule has 3 nitrogen and oxygen atoms in total. The van der Waals surface area contributed by atoms with E-state index in [9.17, 15) is 4.79 Å². The topological polar surface area (TPSA) is 32.3 Å². The van der Waals surface area contributed by atoms with Crippen LogP contribution < -0.4 is 5.32 Å². The minimum absolute atomic E-state index is 0.274. The van der Waals surface area contributed by atoms with Crippen molar-refractivity contribution in [3.63, 3.8) is 0 Å². The predicted molar refractivity (Wildman–Crippen MR) is 73.0 cm³/mol. The normalized spacial score (nSPS) is 21.6. The number of benzene rings is 1. The Balaban J connectivity index is 1.75. The van der Waals surface area contributed by atoms with E-state index in [1.807, 2.05) is 0 Å². The van der Waals surface area contributed by atoms with Crippen LogP contribution in [-0.2, 0) is 10.2 Å². The van der Waals surface area contributed by atoms with E-state index < -0.39 is 0 Å². The van der Waals surface area contributed by atoms with Crippen LogP contribution in [0.2, 0.25) is 0 Å². The molecule has 0 aliphatic carbocycles. The maximum atomic E-state index is 11.2. The maximum absolute atomic E-state index is 11.2. The van der Waals surface area contributed by atoms with Crippen LogP contribution in [0.1, 0.15) is 25.3 Å². The quantitative estimate of drug-likeness (QED) is 0.864. The number of piperidine rings is 1. The van der Waals surface area contributed by atoms with Gasteiger partial charge in [0.2, 0.25) is 0 Å². The molecule has 2 heterocycles. The molecule has 1 fully saturated rings. The van der Waals surface area contributed by atoms with E-state index in [4.69, 9.17) is 0 Å². The fourth-order valence-corrected chi connectivity index (χ4v) is 3.36. The summed E-state index contributed by atoms with van der Waals surface area (Å²) in [5.74, 6) is 0.274. The average molecular weight is 244 g/mol. The molecule has 2 aliphatic heterocycles. The summed E-state index contributed by atoms with van der Waals surface area (Å²) in [7, 11) is 0. The van der Waals surface area contributed by atoms with Crippen LogP contribution in [0.4, 0.5) is 5.69 Å². The van der Waals surface area contributed by atoms with Gasteiger partial charge in [0, 0.05) is 17.6 Å². The molecule has 0 amide bonds. The van der Waals surface area contributed by atoms with Crippen molar-refractivity contribution in [2.75, 3.05) is 31.5 Å². The number of hydrogen-bond donors (Lipinski definition) is 1. The lowest BCUT2D eigenvalue weighted by atomic mass is 9.74. The highest BCUT2D eigenvalue weighted by Gasteiger charge is 2.41. The molecule has 1 saturated heterocycles. The second kappa shape index (κ2) is 4.39. The summed E-state index contributed by atoms with van der Waals surface area (Å²) in [5.41, 5.74) is 3.09. The summed E-state index contributed by atoms with van der Waals surface area (Å²) in [5, 5.41) is 3.53. The Bertz CT molecular complexity index is 461. The molecule has 0 saturated carbocycles. The van der Waals surface area contributed by atoms with E-state index in [-0.39, 0.29) is 5.78 Å². The summed E-state index contributed by atoms with van der Waals surface area (Å²) in [4.78, 5) is 13.5. The van der Waals surface area contributed by atoms with Gasteiger partial charge >= 0.3 is 0 Å². The Morgan fingerprint density at radius 2 is 2.06 bits per heavy atom. The number of ketones is 1. The van der Waals surface area contributed by atoms with E-state index in [0.29, 0.717) is 12.0 Å². The largest absolute Gasteiger partial charge is 0.384 e. The monoisotopic (exact) mass is 244 g/mol. The number of carbonyl (C=O) groups is 1. The van der Waals surface area contributed by atoms with Crippen molar-refractivity contribution in [2.24, 2.45) is 0 Å². The minimum atomic E-state index is 0.274. The third-order valence-electron chi connectivity index (χ3n) is 4.38. The van der Waals surface area contributed by atoms with Gasteiger partial charge in [0.25, 0.3) is 0 Å². The number of Topliss-reactive ketones (excluding diaryl/α,β-unsaturated/α-hetero) is 1. The summed E-state index contributed by atoms with van der Waals surface area (Å²) < 4.78 is 0. The molecule has 2 aliphatic rings. The number of anilines is 1. The van der Waals surface area contributed by atoms with Crippen LogP contribution in [0, 0.1) is 0 Å². The summed E-state index contributed by atoms with van der Waals surface area (Å²) >= 11 is 0. The van der Waals surface area contributed by atoms with Gasteiger partial charge in [-0.1, -0.05) is 18.2 Å². The first-order valence-electron chi connectivity index (χ1n) is 6.75. The Labute approximate surface area is 108 Å². The lowest BCUT2D eigenvalue weighted by molar-refractivity contribution is -0.118. The lowest BCUT2D eigenvalue weighted by Gasteiger charge is -2.39. The van der Waals surface area contributed by atoms with Crippen molar-refractivity contribution >= 4 is 11.5 Å². The molecule has 1 N–H and O–H groups in total. The van der Waals surface area contributed by atoms with Crippen molar-refractivity contribution in [1.29, 1.82) is 0 Å². The fraction of sp³-hybridized carbons (Fsp3) is 0.533. The Morgan fingerprint density at radius 3 is 2.78 bits per heavy atom. The van der Waals surface area contributed by atoms with Gasteiger partial charge in [-0.05, 0) is 44.5 Å². The van der Waals surface area contributed by atoms with Gasteiger partial charge in [0.1, 0.15) is 5.78 Å². The molecule has 0 unspecified atom stereocenters.